The number of rotatable bonds is 4. The second-order valence-corrected chi connectivity index (χ2v) is 6.90. The maximum Gasteiger partial charge on any atom is 0.267 e. The molecule has 5 heteroatoms. The lowest BCUT2D eigenvalue weighted by atomic mass is 10.1. The van der Waals surface area contributed by atoms with Crippen LogP contribution >= 0.6 is 11.3 Å². The molecule has 4 nitrogen and oxygen atoms in total. The highest BCUT2D eigenvalue weighted by atomic mass is 32.1. The van der Waals surface area contributed by atoms with Gasteiger partial charge in [0.05, 0.1) is 17.7 Å². The van der Waals surface area contributed by atoms with Crippen LogP contribution in [0.2, 0.25) is 0 Å². The fraction of sp³-hybridized carbons (Fsp3) is 0.143. The second kappa shape index (κ2) is 6.77. The predicted octanol–water partition coefficient (Wildman–Crippen LogP) is 4.82. The van der Waals surface area contributed by atoms with E-state index in [1.807, 2.05) is 67.8 Å². The van der Waals surface area contributed by atoms with E-state index in [4.69, 9.17) is 4.74 Å². The molecule has 0 saturated carbocycles. The largest absolute Gasteiger partial charge is 0.494 e. The van der Waals surface area contributed by atoms with E-state index in [1.165, 1.54) is 11.3 Å². The van der Waals surface area contributed by atoms with Crippen molar-refractivity contribution in [3.63, 3.8) is 0 Å². The van der Waals surface area contributed by atoms with Crippen molar-refractivity contribution in [2.45, 2.75) is 13.8 Å². The minimum Gasteiger partial charge on any atom is -0.494 e. The first kappa shape index (κ1) is 16.5. The summed E-state index contributed by atoms with van der Waals surface area (Å²) in [7, 11) is 0. The van der Waals surface area contributed by atoms with E-state index >= 15 is 0 Å². The standard InChI is InChI=1S/C21H18N2O2S/c1-3-25-17-10-6-15(7-11-17)18-12-26-20-19(18)21(24)23(13-22-20)16-8-4-14(2)5-9-16/h4-13H,3H2,1-2H3. The topological polar surface area (TPSA) is 44.1 Å². The van der Waals surface area contributed by atoms with Gasteiger partial charge in [-0.1, -0.05) is 29.8 Å². The minimum absolute atomic E-state index is 0.0519. The predicted molar refractivity (Wildman–Crippen MR) is 107 cm³/mol. The first-order valence-corrected chi connectivity index (χ1v) is 9.34. The number of thiophene rings is 1. The van der Waals surface area contributed by atoms with Gasteiger partial charge in [-0.2, -0.15) is 0 Å². The quantitative estimate of drug-likeness (QED) is 0.523. The molecule has 2 heterocycles. The van der Waals surface area contributed by atoms with Gasteiger partial charge in [0.15, 0.2) is 0 Å². The van der Waals surface area contributed by atoms with Crippen LogP contribution in [0.25, 0.3) is 27.0 Å². The van der Waals surface area contributed by atoms with Crippen LogP contribution < -0.4 is 10.3 Å². The Bertz CT molecular complexity index is 1110. The number of fused-ring (bicyclic) bond motifs is 1. The molecule has 0 radical (unpaired) electrons. The molecule has 0 bridgehead atoms. The first-order valence-electron chi connectivity index (χ1n) is 8.46. The highest BCUT2D eigenvalue weighted by Crippen LogP contribution is 2.31. The molecule has 130 valence electrons. The molecule has 0 aliphatic heterocycles. The molecule has 0 aliphatic rings. The van der Waals surface area contributed by atoms with Gasteiger partial charge in [0.2, 0.25) is 0 Å². The molecular formula is C21H18N2O2S. The SMILES string of the molecule is CCOc1ccc(-c2csc3ncn(-c4ccc(C)cc4)c(=O)c23)cc1. The molecule has 0 N–H and O–H groups in total. The number of benzene rings is 2. The lowest BCUT2D eigenvalue weighted by Crippen LogP contribution is -2.18. The van der Waals surface area contributed by atoms with Gasteiger partial charge in [-0.05, 0) is 43.7 Å². The van der Waals surface area contributed by atoms with E-state index < -0.39 is 0 Å². The van der Waals surface area contributed by atoms with Crippen LogP contribution in [0.15, 0.2) is 65.0 Å². The normalized spacial score (nSPS) is 11.0. The Morgan fingerprint density at radius 3 is 2.50 bits per heavy atom. The third-order valence-corrected chi connectivity index (χ3v) is 5.17. The minimum atomic E-state index is -0.0519. The summed E-state index contributed by atoms with van der Waals surface area (Å²) in [6, 6.07) is 15.7. The Hall–Kier alpha value is -2.92. The molecular weight excluding hydrogens is 344 g/mol. The van der Waals surface area contributed by atoms with E-state index in [-0.39, 0.29) is 5.56 Å². The number of aryl methyl sites for hydroxylation is 1. The Balaban J connectivity index is 1.85. The molecule has 2 aromatic carbocycles. The van der Waals surface area contributed by atoms with Gasteiger partial charge in [-0.15, -0.1) is 11.3 Å². The highest BCUT2D eigenvalue weighted by molar-refractivity contribution is 7.17. The van der Waals surface area contributed by atoms with Crippen LogP contribution in [0.3, 0.4) is 0 Å². The van der Waals surface area contributed by atoms with E-state index in [0.29, 0.717) is 12.0 Å². The van der Waals surface area contributed by atoms with Crippen LogP contribution in [0.1, 0.15) is 12.5 Å². The van der Waals surface area contributed by atoms with E-state index in [9.17, 15) is 4.79 Å². The Labute approximate surface area is 155 Å². The van der Waals surface area contributed by atoms with Crippen molar-refractivity contribution in [3.8, 4) is 22.6 Å². The second-order valence-electron chi connectivity index (χ2n) is 6.04. The molecule has 0 aliphatic carbocycles. The number of hydrogen-bond acceptors (Lipinski definition) is 4. The van der Waals surface area contributed by atoms with Gasteiger partial charge in [0.25, 0.3) is 5.56 Å². The molecule has 0 spiro atoms. The molecule has 4 rings (SSSR count). The smallest absolute Gasteiger partial charge is 0.267 e. The Morgan fingerprint density at radius 1 is 1.08 bits per heavy atom. The lowest BCUT2D eigenvalue weighted by molar-refractivity contribution is 0.340. The molecule has 2 aromatic heterocycles. The van der Waals surface area contributed by atoms with E-state index in [2.05, 4.69) is 4.98 Å². The summed E-state index contributed by atoms with van der Waals surface area (Å²) in [5.41, 5.74) is 3.82. The summed E-state index contributed by atoms with van der Waals surface area (Å²) >= 11 is 1.49. The lowest BCUT2D eigenvalue weighted by Gasteiger charge is -2.07. The van der Waals surface area contributed by atoms with Gasteiger partial charge in [0.1, 0.15) is 16.9 Å². The van der Waals surface area contributed by atoms with Crippen molar-refractivity contribution in [1.29, 1.82) is 0 Å². The summed E-state index contributed by atoms with van der Waals surface area (Å²) in [4.78, 5) is 18.4. The number of ether oxygens (including phenoxy) is 1. The number of nitrogens with zero attached hydrogens (tertiary/aromatic N) is 2. The van der Waals surface area contributed by atoms with Crippen molar-refractivity contribution < 1.29 is 4.74 Å². The zero-order valence-electron chi connectivity index (χ0n) is 14.6. The maximum atomic E-state index is 13.1. The average Bonchev–Trinajstić information content (AvgIpc) is 3.09. The first-order chi connectivity index (χ1) is 12.7. The fourth-order valence-electron chi connectivity index (χ4n) is 2.93. The van der Waals surface area contributed by atoms with Gasteiger partial charge in [-0.3, -0.25) is 9.36 Å². The van der Waals surface area contributed by atoms with Crippen molar-refractivity contribution in [3.05, 3.63) is 76.2 Å². The summed E-state index contributed by atoms with van der Waals surface area (Å²) in [6.45, 7) is 4.61. The number of aromatic nitrogens is 2. The number of hydrogen-bond donors (Lipinski definition) is 0. The molecule has 0 unspecified atom stereocenters. The van der Waals surface area contributed by atoms with Crippen molar-refractivity contribution in [2.75, 3.05) is 6.61 Å². The molecule has 0 saturated heterocycles. The molecule has 4 aromatic rings. The molecule has 0 fully saturated rings. The van der Waals surface area contributed by atoms with Crippen LogP contribution in [0, 0.1) is 6.92 Å². The van der Waals surface area contributed by atoms with E-state index in [1.54, 1.807) is 10.9 Å². The van der Waals surface area contributed by atoms with Gasteiger partial charge >= 0.3 is 0 Å². The average molecular weight is 362 g/mol. The summed E-state index contributed by atoms with van der Waals surface area (Å²) < 4.78 is 7.10. The Kier molecular flexibility index (Phi) is 4.31. The monoisotopic (exact) mass is 362 g/mol. The van der Waals surface area contributed by atoms with Crippen molar-refractivity contribution in [1.82, 2.24) is 9.55 Å². The molecule has 26 heavy (non-hydrogen) atoms. The van der Waals surface area contributed by atoms with E-state index in [0.717, 1.165) is 33.0 Å². The third kappa shape index (κ3) is 2.91. The van der Waals surface area contributed by atoms with Crippen LogP contribution in [0.5, 0.6) is 5.75 Å². The summed E-state index contributed by atoms with van der Waals surface area (Å²) in [5.74, 6) is 0.825. The van der Waals surface area contributed by atoms with Crippen LogP contribution in [0.4, 0.5) is 0 Å². The van der Waals surface area contributed by atoms with Gasteiger partial charge < -0.3 is 4.74 Å². The zero-order chi connectivity index (χ0) is 18.1. The van der Waals surface area contributed by atoms with Crippen molar-refractivity contribution >= 4 is 21.6 Å². The summed E-state index contributed by atoms with van der Waals surface area (Å²) in [5, 5.41) is 2.65. The molecule has 0 amide bonds. The highest BCUT2D eigenvalue weighted by Gasteiger charge is 2.14. The summed E-state index contributed by atoms with van der Waals surface area (Å²) in [6.07, 6.45) is 1.60. The van der Waals surface area contributed by atoms with Crippen LogP contribution in [-0.2, 0) is 0 Å². The molecule has 0 atom stereocenters. The maximum absolute atomic E-state index is 13.1. The van der Waals surface area contributed by atoms with Gasteiger partial charge in [-0.25, -0.2) is 4.98 Å². The Morgan fingerprint density at radius 2 is 1.81 bits per heavy atom. The zero-order valence-corrected chi connectivity index (χ0v) is 15.4. The third-order valence-electron chi connectivity index (χ3n) is 4.28. The van der Waals surface area contributed by atoms with Gasteiger partial charge in [0, 0.05) is 10.9 Å². The fourth-order valence-corrected chi connectivity index (χ4v) is 3.84. The van der Waals surface area contributed by atoms with Crippen LogP contribution in [-0.4, -0.2) is 16.2 Å². The van der Waals surface area contributed by atoms with Crippen molar-refractivity contribution in [2.24, 2.45) is 0 Å².